The summed E-state index contributed by atoms with van der Waals surface area (Å²) in [6.07, 6.45) is 9.44. The van der Waals surface area contributed by atoms with Crippen molar-refractivity contribution in [3.63, 3.8) is 0 Å². The zero-order valence-electron chi connectivity index (χ0n) is 18.7. The molecule has 3 rings (SSSR count). The largest absolute Gasteiger partial charge is 0.496 e. The van der Waals surface area contributed by atoms with Gasteiger partial charge in [0.05, 0.1) is 7.11 Å². The van der Waals surface area contributed by atoms with Crippen LogP contribution in [-0.4, -0.2) is 12.1 Å². The summed E-state index contributed by atoms with van der Waals surface area (Å²) in [5.41, 5.74) is 12.1. The molecule has 1 atom stereocenters. The molecule has 0 fully saturated rings. The van der Waals surface area contributed by atoms with Crippen LogP contribution in [0.3, 0.4) is 0 Å². The van der Waals surface area contributed by atoms with Crippen molar-refractivity contribution >= 4 is 17.0 Å². The van der Waals surface area contributed by atoms with Gasteiger partial charge in [-0.1, -0.05) is 52.3 Å². The number of rotatable bonds is 5. The Morgan fingerprint density at radius 1 is 1.17 bits per heavy atom. The lowest BCUT2D eigenvalue weighted by Gasteiger charge is -2.23. The molecule has 3 heteroatoms. The molecule has 0 spiro atoms. The Hall–Kier alpha value is -2.81. The van der Waals surface area contributed by atoms with Crippen LogP contribution in [0.5, 0.6) is 5.75 Å². The van der Waals surface area contributed by atoms with Crippen molar-refractivity contribution in [1.82, 2.24) is 4.98 Å². The van der Waals surface area contributed by atoms with Crippen molar-refractivity contribution in [2.24, 2.45) is 5.92 Å². The minimum atomic E-state index is 0.498. The van der Waals surface area contributed by atoms with E-state index in [2.05, 4.69) is 62.3 Å². The second-order valence-electron chi connectivity index (χ2n) is 6.69. The number of ether oxygens (including phenoxy) is 1. The molecule has 1 aliphatic rings. The van der Waals surface area contributed by atoms with E-state index in [0.717, 1.165) is 30.6 Å². The second kappa shape index (κ2) is 12.6. The number of aryl methyl sites for hydroxylation is 1. The topological polar surface area (TPSA) is 48.1 Å². The van der Waals surface area contributed by atoms with Gasteiger partial charge in [-0.25, -0.2) is 4.98 Å². The molecule has 1 aromatic heterocycles. The highest BCUT2D eigenvalue weighted by atomic mass is 16.5. The summed E-state index contributed by atoms with van der Waals surface area (Å²) in [5, 5.41) is 0. The molecule has 2 N–H and O–H groups in total. The van der Waals surface area contributed by atoms with Gasteiger partial charge in [0.15, 0.2) is 0 Å². The molecule has 0 saturated heterocycles. The van der Waals surface area contributed by atoms with E-state index in [1.54, 1.807) is 13.3 Å². The van der Waals surface area contributed by atoms with Crippen LogP contribution in [0.4, 0.5) is 5.82 Å². The third-order valence-corrected chi connectivity index (χ3v) is 4.66. The summed E-state index contributed by atoms with van der Waals surface area (Å²) in [6, 6.07) is 10.5. The normalized spacial score (nSPS) is 15.0. The van der Waals surface area contributed by atoms with Crippen LogP contribution in [0, 0.1) is 5.92 Å². The Morgan fingerprint density at radius 2 is 1.90 bits per heavy atom. The maximum atomic E-state index is 5.91. The summed E-state index contributed by atoms with van der Waals surface area (Å²) in [4.78, 5) is 4.13. The van der Waals surface area contributed by atoms with E-state index in [9.17, 15) is 0 Å². The lowest BCUT2D eigenvalue weighted by atomic mass is 9.83. The molecule has 0 saturated carbocycles. The standard InChI is InChI=1S/C22H26N2O.C2H6.C2H4/c1-4-5-16-7-9-21(25-3)20(13-16)19-12-15(2)6-8-18(19)17-10-11-24-22(23)14-17;2*1-2/h6-11,13-15H,4-5,12H2,1-3H3,(H2,23,24);1-2H3;1-2H2. The lowest BCUT2D eigenvalue weighted by Crippen LogP contribution is -2.04. The number of nitrogen functional groups attached to an aromatic ring is 1. The molecule has 156 valence electrons. The first kappa shape index (κ1) is 24.2. The molecule has 0 bridgehead atoms. The van der Waals surface area contributed by atoms with Crippen molar-refractivity contribution in [3.05, 3.63) is 78.5 Å². The molecule has 3 nitrogen and oxygen atoms in total. The third-order valence-electron chi connectivity index (χ3n) is 4.66. The predicted molar refractivity (Wildman–Crippen MR) is 128 cm³/mol. The number of nitrogens with two attached hydrogens (primary N) is 1. The van der Waals surface area contributed by atoms with Gasteiger partial charge in [-0.05, 0) is 65.3 Å². The number of pyridine rings is 1. The smallest absolute Gasteiger partial charge is 0.126 e. The van der Waals surface area contributed by atoms with Crippen molar-refractivity contribution in [1.29, 1.82) is 0 Å². The fourth-order valence-corrected chi connectivity index (χ4v) is 3.44. The highest BCUT2D eigenvalue weighted by Gasteiger charge is 2.20. The molecular weight excluding hydrogens is 356 g/mol. The number of anilines is 1. The number of nitrogens with zero attached hydrogens (tertiary/aromatic N) is 1. The molecular formula is C26H36N2O. The van der Waals surface area contributed by atoms with Crippen LogP contribution in [0.2, 0.25) is 0 Å². The van der Waals surface area contributed by atoms with Gasteiger partial charge in [0.1, 0.15) is 11.6 Å². The van der Waals surface area contributed by atoms with Gasteiger partial charge in [0.25, 0.3) is 0 Å². The summed E-state index contributed by atoms with van der Waals surface area (Å²) in [5.74, 6) is 1.97. The zero-order chi connectivity index (χ0) is 21.8. The Bertz CT molecular complexity index is 836. The Labute approximate surface area is 177 Å². The number of methoxy groups -OCH3 is 1. The molecule has 0 amide bonds. The first-order valence-electron chi connectivity index (χ1n) is 10.4. The van der Waals surface area contributed by atoms with E-state index < -0.39 is 0 Å². The van der Waals surface area contributed by atoms with Crippen molar-refractivity contribution in [3.8, 4) is 5.75 Å². The van der Waals surface area contributed by atoms with E-state index in [1.807, 2.05) is 26.0 Å². The fraction of sp³-hybridized carbons (Fsp3) is 0.346. The minimum absolute atomic E-state index is 0.498. The number of aromatic nitrogens is 1. The fourth-order valence-electron chi connectivity index (χ4n) is 3.44. The SMILES string of the molecule is C=C.CC.CCCc1ccc(OC)c(C2=C(c3ccnc(N)c3)C=CC(C)C2)c1. The molecule has 1 aliphatic carbocycles. The van der Waals surface area contributed by atoms with Crippen molar-refractivity contribution in [2.45, 2.75) is 47.0 Å². The average molecular weight is 393 g/mol. The van der Waals surface area contributed by atoms with E-state index in [4.69, 9.17) is 10.5 Å². The number of hydrogen-bond donors (Lipinski definition) is 1. The first-order valence-corrected chi connectivity index (χ1v) is 10.4. The monoisotopic (exact) mass is 392 g/mol. The number of benzene rings is 1. The second-order valence-corrected chi connectivity index (χ2v) is 6.69. The summed E-state index contributed by atoms with van der Waals surface area (Å²) in [6.45, 7) is 14.5. The maximum absolute atomic E-state index is 5.91. The van der Waals surface area contributed by atoms with Crippen molar-refractivity contribution < 1.29 is 4.74 Å². The van der Waals surface area contributed by atoms with Gasteiger partial charge in [-0.2, -0.15) is 0 Å². The van der Waals surface area contributed by atoms with Crippen LogP contribution in [0.25, 0.3) is 11.1 Å². The first-order chi connectivity index (χ1) is 14.1. The summed E-state index contributed by atoms with van der Waals surface area (Å²) in [7, 11) is 1.74. The predicted octanol–water partition coefficient (Wildman–Crippen LogP) is 6.96. The molecule has 0 radical (unpaired) electrons. The third kappa shape index (κ3) is 6.35. The maximum Gasteiger partial charge on any atom is 0.126 e. The molecule has 29 heavy (non-hydrogen) atoms. The molecule has 0 aliphatic heterocycles. The van der Waals surface area contributed by atoms with E-state index in [-0.39, 0.29) is 0 Å². The number of hydrogen-bond acceptors (Lipinski definition) is 3. The average Bonchev–Trinajstić information content (AvgIpc) is 2.76. The summed E-state index contributed by atoms with van der Waals surface area (Å²) < 4.78 is 5.68. The highest BCUT2D eigenvalue weighted by Crippen LogP contribution is 2.40. The van der Waals surface area contributed by atoms with Crippen LogP contribution in [0.1, 0.15) is 57.2 Å². The van der Waals surface area contributed by atoms with Gasteiger partial charge in [0.2, 0.25) is 0 Å². The molecule has 1 aromatic carbocycles. The van der Waals surface area contributed by atoms with Gasteiger partial charge in [0, 0.05) is 11.8 Å². The molecule has 1 heterocycles. The lowest BCUT2D eigenvalue weighted by molar-refractivity contribution is 0.413. The van der Waals surface area contributed by atoms with Crippen LogP contribution < -0.4 is 10.5 Å². The van der Waals surface area contributed by atoms with Gasteiger partial charge in [-0.15, -0.1) is 13.2 Å². The van der Waals surface area contributed by atoms with E-state index in [1.165, 1.54) is 22.3 Å². The quantitative estimate of drug-likeness (QED) is 0.559. The molecule has 1 unspecified atom stereocenters. The van der Waals surface area contributed by atoms with Gasteiger partial charge < -0.3 is 10.5 Å². The van der Waals surface area contributed by atoms with Gasteiger partial charge >= 0.3 is 0 Å². The summed E-state index contributed by atoms with van der Waals surface area (Å²) >= 11 is 0. The van der Waals surface area contributed by atoms with Crippen LogP contribution in [0.15, 0.2) is 61.8 Å². The number of allylic oxidation sites excluding steroid dienone is 4. The van der Waals surface area contributed by atoms with Gasteiger partial charge in [-0.3, -0.25) is 0 Å². The highest BCUT2D eigenvalue weighted by molar-refractivity contribution is 5.98. The Balaban J connectivity index is 0.000000989. The van der Waals surface area contributed by atoms with Crippen LogP contribution >= 0.6 is 0 Å². The van der Waals surface area contributed by atoms with E-state index >= 15 is 0 Å². The van der Waals surface area contributed by atoms with Crippen LogP contribution in [-0.2, 0) is 6.42 Å². The Morgan fingerprint density at radius 3 is 2.52 bits per heavy atom. The minimum Gasteiger partial charge on any atom is -0.496 e. The zero-order valence-corrected chi connectivity index (χ0v) is 18.7. The van der Waals surface area contributed by atoms with E-state index in [0.29, 0.717) is 11.7 Å². The molecule has 2 aromatic rings. The van der Waals surface area contributed by atoms with Crippen molar-refractivity contribution in [2.75, 3.05) is 12.8 Å². The Kier molecular flexibility index (Phi) is 10.5.